The molecule has 0 atom stereocenters. The highest BCUT2D eigenvalue weighted by molar-refractivity contribution is 5.96. The van der Waals surface area contributed by atoms with Gasteiger partial charge in [-0.05, 0) is 38.1 Å². The van der Waals surface area contributed by atoms with E-state index in [1.54, 1.807) is 13.8 Å². The minimum atomic E-state index is -0.817. The average Bonchev–Trinajstić information content (AvgIpc) is 2.37. The number of methoxy groups -OCH3 is 1. The summed E-state index contributed by atoms with van der Waals surface area (Å²) < 4.78 is 5.13. The molecule has 0 unspecified atom stereocenters. The van der Waals surface area contributed by atoms with Crippen LogP contribution < -0.4 is 10.6 Å². The maximum atomic E-state index is 11.9. The van der Waals surface area contributed by atoms with E-state index in [4.69, 9.17) is 4.74 Å². The van der Waals surface area contributed by atoms with Crippen molar-refractivity contribution in [3.8, 4) is 0 Å². The lowest BCUT2D eigenvalue weighted by molar-refractivity contribution is -0.133. The summed E-state index contributed by atoms with van der Waals surface area (Å²) in [4.78, 5) is 11.9. The van der Waals surface area contributed by atoms with Crippen molar-refractivity contribution in [3.63, 3.8) is 0 Å². The van der Waals surface area contributed by atoms with E-state index in [0.29, 0.717) is 0 Å². The fraction of sp³-hybridized carbons (Fsp3) is 0.500. The van der Waals surface area contributed by atoms with Gasteiger partial charge in [-0.15, -0.1) is 0 Å². The summed E-state index contributed by atoms with van der Waals surface area (Å²) in [5.74, 6) is -0.149. The van der Waals surface area contributed by atoms with E-state index in [9.17, 15) is 4.79 Å². The van der Waals surface area contributed by atoms with Crippen LogP contribution in [0.25, 0.3) is 0 Å². The highest BCUT2D eigenvalue weighted by Crippen LogP contribution is 2.14. The van der Waals surface area contributed by atoms with Gasteiger partial charge in [0.15, 0.2) is 0 Å². The summed E-state index contributed by atoms with van der Waals surface area (Å²) in [5, 5.41) is 6.08. The van der Waals surface area contributed by atoms with Crippen molar-refractivity contribution >= 4 is 11.6 Å². The van der Waals surface area contributed by atoms with Crippen molar-refractivity contribution in [3.05, 3.63) is 29.8 Å². The lowest BCUT2D eigenvalue weighted by atomic mass is 10.1. The molecule has 2 N–H and O–H groups in total. The first kappa shape index (κ1) is 14.7. The third kappa shape index (κ3) is 4.13. The molecule has 0 saturated heterocycles. The SMILES string of the molecule is CCNCc1ccc(NC(=O)C(C)(C)OC)cc1. The third-order valence-electron chi connectivity index (χ3n) is 2.85. The molecule has 4 nitrogen and oxygen atoms in total. The van der Waals surface area contributed by atoms with Crippen LogP contribution in [-0.2, 0) is 16.1 Å². The Kier molecular flexibility index (Phi) is 5.31. The zero-order chi connectivity index (χ0) is 13.6. The molecule has 100 valence electrons. The fourth-order valence-corrected chi connectivity index (χ4v) is 1.35. The van der Waals surface area contributed by atoms with E-state index in [2.05, 4.69) is 17.6 Å². The van der Waals surface area contributed by atoms with Gasteiger partial charge >= 0.3 is 0 Å². The number of rotatable bonds is 6. The van der Waals surface area contributed by atoms with Crippen molar-refractivity contribution in [2.75, 3.05) is 19.0 Å². The highest BCUT2D eigenvalue weighted by atomic mass is 16.5. The molecule has 0 saturated carbocycles. The van der Waals surface area contributed by atoms with Crippen LogP contribution in [0.1, 0.15) is 26.3 Å². The van der Waals surface area contributed by atoms with Crippen LogP contribution in [0.15, 0.2) is 24.3 Å². The lowest BCUT2D eigenvalue weighted by Crippen LogP contribution is -2.38. The van der Waals surface area contributed by atoms with Crippen molar-refractivity contribution in [1.29, 1.82) is 0 Å². The van der Waals surface area contributed by atoms with Gasteiger partial charge in [0, 0.05) is 19.3 Å². The topological polar surface area (TPSA) is 50.4 Å². The maximum Gasteiger partial charge on any atom is 0.256 e. The predicted octanol–water partition coefficient (Wildman–Crippen LogP) is 2.16. The van der Waals surface area contributed by atoms with Gasteiger partial charge in [0.25, 0.3) is 5.91 Å². The number of benzene rings is 1. The van der Waals surface area contributed by atoms with Gasteiger partial charge in [-0.1, -0.05) is 19.1 Å². The first-order valence-corrected chi connectivity index (χ1v) is 6.16. The van der Waals surface area contributed by atoms with Crippen LogP contribution in [0.5, 0.6) is 0 Å². The van der Waals surface area contributed by atoms with Crippen molar-refractivity contribution < 1.29 is 9.53 Å². The zero-order valence-corrected chi connectivity index (χ0v) is 11.5. The van der Waals surface area contributed by atoms with Crippen molar-refractivity contribution in [1.82, 2.24) is 5.32 Å². The molecular formula is C14H22N2O2. The molecule has 18 heavy (non-hydrogen) atoms. The molecule has 0 bridgehead atoms. The number of hydrogen-bond acceptors (Lipinski definition) is 3. The van der Waals surface area contributed by atoms with Crippen LogP contribution in [0.4, 0.5) is 5.69 Å². The molecule has 1 aromatic carbocycles. The molecule has 0 spiro atoms. The highest BCUT2D eigenvalue weighted by Gasteiger charge is 2.26. The Labute approximate surface area is 109 Å². The predicted molar refractivity (Wildman–Crippen MR) is 73.5 cm³/mol. The molecule has 0 aliphatic carbocycles. The molecule has 0 aliphatic heterocycles. The molecule has 0 radical (unpaired) electrons. The fourth-order valence-electron chi connectivity index (χ4n) is 1.35. The molecule has 1 aromatic rings. The monoisotopic (exact) mass is 250 g/mol. The van der Waals surface area contributed by atoms with E-state index in [-0.39, 0.29) is 5.91 Å². The molecule has 4 heteroatoms. The van der Waals surface area contributed by atoms with E-state index in [0.717, 1.165) is 18.8 Å². The largest absolute Gasteiger partial charge is 0.369 e. The van der Waals surface area contributed by atoms with Gasteiger partial charge in [0.1, 0.15) is 5.60 Å². The van der Waals surface area contributed by atoms with Gasteiger partial charge in [-0.2, -0.15) is 0 Å². The van der Waals surface area contributed by atoms with E-state index in [1.807, 2.05) is 24.3 Å². The molecular weight excluding hydrogens is 228 g/mol. The minimum absolute atomic E-state index is 0.149. The molecule has 0 fully saturated rings. The quantitative estimate of drug-likeness (QED) is 0.813. The number of ether oxygens (including phenoxy) is 1. The van der Waals surface area contributed by atoms with Crippen LogP contribution >= 0.6 is 0 Å². The first-order chi connectivity index (χ1) is 8.49. The molecule has 0 aliphatic rings. The summed E-state index contributed by atoms with van der Waals surface area (Å²) in [6.07, 6.45) is 0. The second-order valence-corrected chi connectivity index (χ2v) is 4.65. The van der Waals surface area contributed by atoms with E-state index in [1.165, 1.54) is 12.7 Å². The molecule has 0 aromatic heterocycles. The van der Waals surface area contributed by atoms with Gasteiger partial charge in [0.05, 0.1) is 0 Å². The number of nitrogens with one attached hydrogen (secondary N) is 2. The standard InChI is InChI=1S/C14H22N2O2/c1-5-15-10-11-6-8-12(9-7-11)16-13(17)14(2,3)18-4/h6-9,15H,5,10H2,1-4H3,(H,16,17). The minimum Gasteiger partial charge on any atom is -0.369 e. The number of carbonyl (C=O) groups excluding carboxylic acids is 1. The summed E-state index contributed by atoms with van der Waals surface area (Å²) in [6.45, 7) is 7.33. The normalized spacial score (nSPS) is 11.3. The zero-order valence-electron chi connectivity index (χ0n) is 11.5. The number of carbonyl (C=O) groups is 1. The molecule has 0 heterocycles. The van der Waals surface area contributed by atoms with Crippen LogP contribution in [0, 0.1) is 0 Å². The third-order valence-corrected chi connectivity index (χ3v) is 2.85. The van der Waals surface area contributed by atoms with Crippen molar-refractivity contribution in [2.24, 2.45) is 0 Å². The Morgan fingerprint density at radius 2 is 1.89 bits per heavy atom. The number of hydrogen-bond donors (Lipinski definition) is 2. The van der Waals surface area contributed by atoms with Gasteiger partial charge in [-0.25, -0.2) is 0 Å². The van der Waals surface area contributed by atoms with Crippen LogP contribution in [0.3, 0.4) is 0 Å². The Morgan fingerprint density at radius 3 is 2.39 bits per heavy atom. The average molecular weight is 250 g/mol. The molecule has 1 rings (SSSR count). The molecule has 1 amide bonds. The Balaban J connectivity index is 2.61. The van der Waals surface area contributed by atoms with Crippen LogP contribution in [0.2, 0.25) is 0 Å². The number of amides is 1. The second kappa shape index (κ2) is 6.52. The van der Waals surface area contributed by atoms with E-state index >= 15 is 0 Å². The lowest BCUT2D eigenvalue weighted by Gasteiger charge is -2.21. The summed E-state index contributed by atoms with van der Waals surface area (Å²) in [5.41, 5.74) is 1.16. The first-order valence-electron chi connectivity index (χ1n) is 6.16. The van der Waals surface area contributed by atoms with Gasteiger partial charge in [-0.3, -0.25) is 4.79 Å². The summed E-state index contributed by atoms with van der Waals surface area (Å²) in [6, 6.07) is 7.79. The smallest absolute Gasteiger partial charge is 0.256 e. The Morgan fingerprint density at radius 1 is 1.28 bits per heavy atom. The Hall–Kier alpha value is -1.39. The van der Waals surface area contributed by atoms with E-state index < -0.39 is 5.60 Å². The summed E-state index contributed by atoms with van der Waals surface area (Å²) >= 11 is 0. The Bertz CT molecular complexity index is 385. The van der Waals surface area contributed by atoms with Gasteiger partial charge < -0.3 is 15.4 Å². The van der Waals surface area contributed by atoms with Gasteiger partial charge in [0.2, 0.25) is 0 Å². The number of anilines is 1. The summed E-state index contributed by atoms with van der Waals surface area (Å²) in [7, 11) is 1.53. The second-order valence-electron chi connectivity index (χ2n) is 4.65. The van der Waals surface area contributed by atoms with Crippen LogP contribution in [-0.4, -0.2) is 25.2 Å². The maximum absolute atomic E-state index is 11.9. The van der Waals surface area contributed by atoms with Crippen molar-refractivity contribution in [2.45, 2.75) is 32.9 Å².